The van der Waals surface area contributed by atoms with Crippen LogP contribution in [0.5, 0.6) is 17.2 Å². The van der Waals surface area contributed by atoms with Crippen LogP contribution in [0, 0.1) is 0 Å². The molecule has 0 aromatic heterocycles. The summed E-state index contributed by atoms with van der Waals surface area (Å²) in [4.78, 5) is -0.174. The molecule has 0 heterocycles. The first-order chi connectivity index (χ1) is 12.8. The van der Waals surface area contributed by atoms with E-state index in [0.717, 1.165) is 18.2 Å². The molecule has 0 fully saturated rings. The molecule has 10 heteroatoms. The Bertz CT molecular complexity index is 893. The summed E-state index contributed by atoms with van der Waals surface area (Å²) in [7, 11) is -2.43. The van der Waals surface area contributed by atoms with Crippen molar-refractivity contribution in [3.63, 3.8) is 0 Å². The van der Waals surface area contributed by atoms with E-state index in [1.165, 1.54) is 7.11 Å². The first kappa shape index (κ1) is 21.2. The number of nitrogens with one attached hydrogen (secondary N) is 1. The van der Waals surface area contributed by atoms with Crippen LogP contribution in [-0.4, -0.2) is 28.7 Å². The number of halogens is 3. The van der Waals surface area contributed by atoms with Gasteiger partial charge < -0.3 is 14.2 Å². The lowest BCUT2D eigenvalue weighted by Gasteiger charge is -2.12. The second-order valence-electron chi connectivity index (χ2n) is 5.21. The molecular weight excluding hydrogens is 404 g/mol. The van der Waals surface area contributed by atoms with Gasteiger partial charge in [-0.15, -0.1) is 0 Å². The highest BCUT2D eigenvalue weighted by molar-refractivity contribution is 7.89. The Balaban J connectivity index is 2.14. The summed E-state index contributed by atoms with van der Waals surface area (Å²) >= 11 is 5.80. The normalized spacial score (nSPS) is 11.5. The quantitative estimate of drug-likeness (QED) is 0.666. The molecule has 0 saturated heterocycles. The molecule has 27 heavy (non-hydrogen) atoms. The molecule has 0 atom stereocenters. The largest absolute Gasteiger partial charge is 0.493 e. The molecule has 2 aromatic carbocycles. The molecule has 2 aromatic rings. The van der Waals surface area contributed by atoms with Crippen molar-refractivity contribution in [3.05, 3.63) is 47.0 Å². The van der Waals surface area contributed by atoms with E-state index in [4.69, 9.17) is 21.1 Å². The molecule has 0 unspecified atom stereocenters. The molecule has 0 amide bonds. The van der Waals surface area contributed by atoms with Gasteiger partial charge in [-0.05, 0) is 42.8 Å². The fraction of sp³-hybridized carbons (Fsp3) is 0.294. The Kier molecular flexibility index (Phi) is 7.23. The van der Waals surface area contributed by atoms with E-state index >= 15 is 0 Å². The Hall–Kier alpha value is -2.10. The van der Waals surface area contributed by atoms with Crippen LogP contribution in [0.4, 0.5) is 8.78 Å². The smallest absolute Gasteiger partial charge is 0.387 e. The van der Waals surface area contributed by atoms with Crippen LogP contribution in [0.25, 0.3) is 0 Å². The molecule has 0 aliphatic rings. The number of benzene rings is 2. The number of hydrogen-bond donors (Lipinski definition) is 1. The second-order valence-corrected chi connectivity index (χ2v) is 7.39. The van der Waals surface area contributed by atoms with Gasteiger partial charge >= 0.3 is 6.61 Å². The maximum Gasteiger partial charge on any atom is 0.387 e. The maximum absolute atomic E-state index is 12.4. The van der Waals surface area contributed by atoms with Gasteiger partial charge in [0.2, 0.25) is 10.0 Å². The minimum Gasteiger partial charge on any atom is -0.493 e. The summed E-state index contributed by atoms with van der Waals surface area (Å²) in [5.74, 6) is 0.722. The average Bonchev–Trinajstić information content (AvgIpc) is 2.62. The zero-order valence-corrected chi connectivity index (χ0v) is 16.1. The Morgan fingerprint density at radius 1 is 1.11 bits per heavy atom. The predicted molar refractivity (Wildman–Crippen MR) is 96.3 cm³/mol. The van der Waals surface area contributed by atoms with Crippen molar-refractivity contribution in [1.82, 2.24) is 4.72 Å². The third-order valence-corrected chi connectivity index (χ3v) is 5.12. The lowest BCUT2D eigenvalue weighted by atomic mass is 10.2. The molecule has 148 valence electrons. The molecule has 1 N–H and O–H groups in total. The lowest BCUT2D eigenvalue weighted by molar-refractivity contribution is -0.0498. The number of rotatable bonds is 9. The fourth-order valence-electron chi connectivity index (χ4n) is 2.20. The standard InChI is InChI=1S/C17H18ClF2NO5S/c1-3-25-15-6-4-11(8-16(15)24-2)10-21-27(22,23)12-5-7-14(13(18)9-12)26-17(19)20/h4-9,17,21H,3,10H2,1-2H3. The van der Waals surface area contributed by atoms with E-state index in [9.17, 15) is 17.2 Å². The van der Waals surface area contributed by atoms with Crippen molar-refractivity contribution in [1.29, 1.82) is 0 Å². The van der Waals surface area contributed by atoms with Crippen molar-refractivity contribution < 1.29 is 31.4 Å². The van der Waals surface area contributed by atoms with Gasteiger partial charge in [0.1, 0.15) is 5.75 Å². The highest BCUT2D eigenvalue weighted by atomic mass is 35.5. The van der Waals surface area contributed by atoms with E-state index in [1.54, 1.807) is 18.2 Å². The van der Waals surface area contributed by atoms with Gasteiger partial charge in [0.15, 0.2) is 11.5 Å². The van der Waals surface area contributed by atoms with E-state index in [2.05, 4.69) is 9.46 Å². The molecule has 0 saturated carbocycles. The fourth-order valence-corrected chi connectivity index (χ4v) is 3.53. The van der Waals surface area contributed by atoms with Crippen LogP contribution in [-0.2, 0) is 16.6 Å². The Labute approximate surface area is 161 Å². The van der Waals surface area contributed by atoms with Gasteiger partial charge in [0, 0.05) is 6.54 Å². The summed E-state index contributed by atoms with van der Waals surface area (Å²) in [6.45, 7) is -0.769. The Morgan fingerprint density at radius 2 is 1.81 bits per heavy atom. The van der Waals surface area contributed by atoms with Gasteiger partial charge in [-0.1, -0.05) is 17.7 Å². The van der Waals surface area contributed by atoms with Crippen LogP contribution >= 0.6 is 11.6 Å². The Morgan fingerprint density at radius 3 is 2.41 bits per heavy atom. The summed E-state index contributed by atoms with van der Waals surface area (Å²) in [6, 6.07) is 8.27. The first-order valence-corrected chi connectivity index (χ1v) is 9.66. The lowest BCUT2D eigenvalue weighted by Crippen LogP contribution is -2.23. The van der Waals surface area contributed by atoms with Crippen LogP contribution in [0.1, 0.15) is 12.5 Å². The molecule has 0 radical (unpaired) electrons. The van der Waals surface area contributed by atoms with Crippen molar-refractivity contribution in [3.8, 4) is 17.2 Å². The van der Waals surface area contributed by atoms with Crippen LogP contribution in [0.15, 0.2) is 41.3 Å². The average molecular weight is 422 g/mol. The van der Waals surface area contributed by atoms with E-state index in [0.29, 0.717) is 23.7 Å². The molecule has 6 nitrogen and oxygen atoms in total. The van der Waals surface area contributed by atoms with Crippen LogP contribution in [0.2, 0.25) is 5.02 Å². The zero-order valence-electron chi connectivity index (χ0n) is 14.5. The highest BCUT2D eigenvalue weighted by Gasteiger charge is 2.18. The van der Waals surface area contributed by atoms with Crippen molar-refractivity contribution >= 4 is 21.6 Å². The minimum absolute atomic E-state index is 0.0159. The van der Waals surface area contributed by atoms with Gasteiger partial charge in [-0.3, -0.25) is 0 Å². The van der Waals surface area contributed by atoms with Crippen molar-refractivity contribution in [2.24, 2.45) is 0 Å². The predicted octanol–water partition coefficient (Wildman–Crippen LogP) is 3.83. The molecule has 0 bridgehead atoms. The van der Waals surface area contributed by atoms with Gasteiger partial charge in [-0.2, -0.15) is 8.78 Å². The number of methoxy groups -OCH3 is 1. The van der Waals surface area contributed by atoms with Crippen molar-refractivity contribution in [2.45, 2.75) is 25.0 Å². The monoisotopic (exact) mass is 421 g/mol. The summed E-state index contributed by atoms with van der Waals surface area (Å²) in [5.41, 5.74) is 0.641. The van der Waals surface area contributed by atoms with Gasteiger partial charge in [0.25, 0.3) is 0 Å². The third-order valence-electron chi connectivity index (χ3n) is 3.42. The minimum atomic E-state index is -3.92. The summed E-state index contributed by atoms with van der Waals surface area (Å²) < 4.78 is 66.5. The SMILES string of the molecule is CCOc1ccc(CNS(=O)(=O)c2ccc(OC(F)F)c(Cl)c2)cc1OC. The molecular formula is C17H18ClF2NO5S. The summed E-state index contributed by atoms with van der Waals surface area (Å²) in [6.07, 6.45) is 0. The maximum atomic E-state index is 12.4. The second kappa shape index (κ2) is 9.20. The molecule has 2 rings (SSSR count). The van der Waals surface area contributed by atoms with Gasteiger partial charge in [0.05, 0.1) is 23.6 Å². The van der Waals surface area contributed by atoms with E-state index < -0.39 is 16.6 Å². The molecule has 0 aliphatic heterocycles. The molecule has 0 spiro atoms. The summed E-state index contributed by atoms with van der Waals surface area (Å²) in [5, 5.41) is -0.235. The van der Waals surface area contributed by atoms with Gasteiger partial charge in [-0.25, -0.2) is 13.1 Å². The third kappa shape index (κ3) is 5.69. The van der Waals surface area contributed by atoms with Crippen molar-refractivity contribution in [2.75, 3.05) is 13.7 Å². The van der Waals surface area contributed by atoms with E-state index in [-0.39, 0.29) is 22.2 Å². The van der Waals surface area contributed by atoms with E-state index in [1.807, 2.05) is 6.92 Å². The number of hydrogen-bond acceptors (Lipinski definition) is 5. The zero-order chi connectivity index (χ0) is 20.0. The van der Waals surface area contributed by atoms with Crippen LogP contribution < -0.4 is 18.9 Å². The topological polar surface area (TPSA) is 73.9 Å². The highest BCUT2D eigenvalue weighted by Crippen LogP contribution is 2.30. The number of alkyl halides is 2. The first-order valence-electron chi connectivity index (χ1n) is 7.80. The number of sulfonamides is 1. The number of ether oxygens (including phenoxy) is 3. The molecule has 0 aliphatic carbocycles. The van der Waals surface area contributed by atoms with Crippen LogP contribution in [0.3, 0.4) is 0 Å².